The van der Waals surface area contributed by atoms with Gasteiger partial charge >= 0.3 is 6.03 Å². The maximum Gasteiger partial charge on any atom is 0.319 e. The van der Waals surface area contributed by atoms with Crippen LogP contribution in [0.5, 0.6) is 11.5 Å². The Morgan fingerprint density at radius 2 is 1.81 bits per heavy atom. The van der Waals surface area contributed by atoms with Crippen molar-refractivity contribution in [3.05, 3.63) is 65.4 Å². The Morgan fingerprint density at radius 1 is 1.15 bits per heavy atom. The van der Waals surface area contributed by atoms with Gasteiger partial charge in [-0.2, -0.15) is 0 Å². The minimum atomic E-state index is -0.623. The van der Waals surface area contributed by atoms with Crippen molar-refractivity contribution in [2.24, 2.45) is 0 Å². The Bertz CT molecular complexity index is 873. The zero-order chi connectivity index (χ0) is 19.4. The maximum absolute atomic E-state index is 12.9. The molecule has 2 aromatic carbocycles. The van der Waals surface area contributed by atoms with Crippen molar-refractivity contribution in [2.75, 3.05) is 11.9 Å². The van der Waals surface area contributed by atoms with Crippen molar-refractivity contribution in [1.29, 1.82) is 0 Å². The van der Waals surface area contributed by atoms with Crippen LogP contribution in [-0.2, 0) is 4.79 Å². The van der Waals surface area contributed by atoms with E-state index in [2.05, 4.69) is 16.0 Å². The average Bonchev–Trinajstić information content (AvgIpc) is 2.63. The molecule has 27 heavy (non-hydrogen) atoms. The van der Waals surface area contributed by atoms with Crippen molar-refractivity contribution in [3.63, 3.8) is 0 Å². The van der Waals surface area contributed by atoms with E-state index >= 15 is 0 Å². The van der Waals surface area contributed by atoms with Crippen molar-refractivity contribution in [1.82, 2.24) is 10.6 Å². The normalized spacial score (nSPS) is 16.4. The van der Waals surface area contributed by atoms with E-state index in [-0.39, 0.29) is 17.7 Å². The molecule has 0 aliphatic carbocycles. The first-order chi connectivity index (χ1) is 13.0. The van der Waals surface area contributed by atoms with Gasteiger partial charge in [0.2, 0.25) is 0 Å². The molecule has 1 atom stereocenters. The lowest BCUT2D eigenvalue weighted by Gasteiger charge is -2.28. The summed E-state index contributed by atoms with van der Waals surface area (Å²) in [6.07, 6.45) is 0. The van der Waals surface area contributed by atoms with E-state index in [0.717, 1.165) is 5.75 Å². The number of aromatic hydroxyl groups is 1. The highest BCUT2D eigenvalue weighted by Gasteiger charge is 2.31. The molecule has 7 nitrogen and oxygen atoms in total. The standard InChI is InChI=1S/C20H21N3O4/c1-3-27-16-10-6-14(7-11-16)22-19(25)17-12(2)21-20(26)23-18(17)13-4-8-15(24)9-5-13/h4-11,18,24H,3H2,1-2H3,(H,22,25)(H2,21,23,26)/t18-/m0/s1. The third-order valence-corrected chi connectivity index (χ3v) is 4.16. The number of urea groups is 1. The van der Waals surface area contributed by atoms with E-state index in [1.54, 1.807) is 43.3 Å². The van der Waals surface area contributed by atoms with Crippen LogP contribution in [0.3, 0.4) is 0 Å². The highest BCUT2D eigenvalue weighted by atomic mass is 16.5. The summed E-state index contributed by atoms with van der Waals surface area (Å²) in [5, 5.41) is 17.7. The molecule has 7 heteroatoms. The highest BCUT2D eigenvalue weighted by molar-refractivity contribution is 6.06. The van der Waals surface area contributed by atoms with E-state index in [9.17, 15) is 14.7 Å². The van der Waals surface area contributed by atoms with Gasteiger partial charge in [0.05, 0.1) is 18.2 Å². The minimum absolute atomic E-state index is 0.111. The molecule has 1 heterocycles. The molecular weight excluding hydrogens is 346 g/mol. The number of allylic oxidation sites excluding steroid dienone is 1. The number of phenols is 1. The van der Waals surface area contributed by atoms with Crippen LogP contribution in [0.15, 0.2) is 59.8 Å². The van der Waals surface area contributed by atoms with Crippen LogP contribution in [0.4, 0.5) is 10.5 Å². The monoisotopic (exact) mass is 367 g/mol. The van der Waals surface area contributed by atoms with Gasteiger partial charge in [-0.3, -0.25) is 4.79 Å². The number of phenolic OH excluding ortho intramolecular Hbond substituents is 1. The van der Waals surface area contributed by atoms with Crippen LogP contribution < -0.4 is 20.7 Å². The Labute approximate surface area is 157 Å². The second-order valence-corrected chi connectivity index (χ2v) is 6.07. The summed E-state index contributed by atoms with van der Waals surface area (Å²) in [6, 6.07) is 12.4. The van der Waals surface area contributed by atoms with Crippen molar-refractivity contribution < 1.29 is 19.4 Å². The largest absolute Gasteiger partial charge is 0.508 e. The predicted octanol–water partition coefficient (Wildman–Crippen LogP) is 3.06. The number of hydrogen-bond donors (Lipinski definition) is 4. The number of anilines is 1. The molecule has 0 bridgehead atoms. The van der Waals surface area contributed by atoms with Gasteiger partial charge in [0.25, 0.3) is 5.91 Å². The number of carbonyl (C=O) groups is 2. The molecular formula is C20H21N3O4. The van der Waals surface area contributed by atoms with Gasteiger partial charge in [-0.1, -0.05) is 12.1 Å². The number of benzene rings is 2. The van der Waals surface area contributed by atoms with Gasteiger partial charge < -0.3 is 25.8 Å². The Hall–Kier alpha value is -3.48. The van der Waals surface area contributed by atoms with Gasteiger partial charge in [0.1, 0.15) is 11.5 Å². The summed E-state index contributed by atoms with van der Waals surface area (Å²) in [5.41, 5.74) is 2.18. The van der Waals surface area contributed by atoms with Gasteiger partial charge in [0.15, 0.2) is 0 Å². The predicted molar refractivity (Wildman–Crippen MR) is 101 cm³/mol. The SMILES string of the molecule is CCOc1ccc(NC(=O)C2=C(C)NC(=O)N[C@H]2c2ccc(O)cc2)cc1. The Morgan fingerprint density at radius 3 is 2.44 bits per heavy atom. The lowest BCUT2D eigenvalue weighted by atomic mass is 9.94. The molecule has 140 valence electrons. The van der Waals surface area contributed by atoms with Crippen molar-refractivity contribution in [2.45, 2.75) is 19.9 Å². The molecule has 0 spiro atoms. The van der Waals surface area contributed by atoms with Gasteiger partial charge in [-0.25, -0.2) is 4.79 Å². The molecule has 0 unspecified atom stereocenters. The molecule has 0 saturated carbocycles. The first kappa shape index (κ1) is 18.3. The molecule has 0 radical (unpaired) electrons. The maximum atomic E-state index is 12.9. The van der Waals surface area contributed by atoms with Crippen LogP contribution in [0.1, 0.15) is 25.5 Å². The molecule has 0 fully saturated rings. The summed E-state index contributed by atoms with van der Waals surface area (Å²) < 4.78 is 5.40. The Kier molecular flexibility index (Phi) is 5.30. The quantitative estimate of drug-likeness (QED) is 0.653. The molecule has 0 saturated heterocycles. The topological polar surface area (TPSA) is 99.7 Å². The molecule has 3 rings (SSSR count). The molecule has 3 amide bonds. The average molecular weight is 367 g/mol. The third-order valence-electron chi connectivity index (χ3n) is 4.16. The summed E-state index contributed by atoms with van der Waals surface area (Å²) in [4.78, 5) is 24.8. The molecule has 4 N–H and O–H groups in total. The lowest BCUT2D eigenvalue weighted by Crippen LogP contribution is -2.45. The Balaban J connectivity index is 1.86. The van der Waals surface area contributed by atoms with E-state index in [4.69, 9.17) is 4.74 Å². The van der Waals surface area contributed by atoms with E-state index in [1.807, 2.05) is 6.92 Å². The number of rotatable bonds is 5. The molecule has 2 aromatic rings. The van der Waals surface area contributed by atoms with Crippen molar-refractivity contribution >= 4 is 17.6 Å². The zero-order valence-electron chi connectivity index (χ0n) is 15.1. The van der Waals surface area contributed by atoms with Gasteiger partial charge in [-0.05, 0) is 55.8 Å². The van der Waals surface area contributed by atoms with Crippen LogP contribution in [0.25, 0.3) is 0 Å². The van der Waals surface area contributed by atoms with Crippen LogP contribution in [0, 0.1) is 0 Å². The van der Waals surface area contributed by atoms with Gasteiger partial charge in [0, 0.05) is 11.4 Å². The summed E-state index contributed by atoms with van der Waals surface area (Å²) >= 11 is 0. The highest BCUT2D eigenvalue weighted by Crippen LogP contribution is 2.29. The fraction of sp³-hybridized carbons (Fsp3) is 0.200. The number of carbonyl (C=O) groups excluding carboxylic acids is 2. The van der Waals surface area contributed by atoms with Gasteiger partial charge in [-0.15, -0.1) is 0 Å². The third kappa shape index (κ3) is 4.20. The van der Waals surface area contributed by atoms with Crippen LogP contribution >= 0.6 is 0 Å². The smallest absolute Gasteiger partial charge is 0.319 e. The molecule has 1 aliphatic rings. The second kappa shape index (κ2) is 7.82. The van der Waals surface area contributed by atoms with E-state index in [1.165, 1.54) is 12.1 Å². The fourth-order valence-corrected chi connectivity index (χ4v) is 2.91. The van der Waals surface area contributed by atoms with E-state index in [0.29, 0.717) is 29.1 Å². The fourth-order valence-electron chi connectivity index (χ4n) is 2.91. The number of ether oxygens (including phenoxy) is 1. The minimum Gasteiger partial charge on any atom is -0.508 e. The van der Waals surface area contributed by atoms with E-state index < -0.39 is 6.04 Å². The number of nitrogens with one attached hydrogen (secondary N) is 3. The van der Waals surface area contributed by atoms with Crippen LogP contribution in [-0.4, -0.2) is 23.7 Å². The second-order valence-electron chi connectivity index (χ2n) is 6.07. The van der Waals surface area contributed by atoms with Crippen molar-refractivity contribution in [3.8, 4) is 11.5 Å². The number of amides is 3. The summed E-state index contributed by atoms with van der Waals surface area (Å²) in [5.74, 6) is 0.502. The number of hydrogen-bond acceptors (Lipinski definition) is 4. The summed E-state index contributed by atoms with van der Waals surface area (Å²) in [7, 11) is 0. The molecule has 1 aliphatic heterocycles. The van der Waals surface area contributed by atoms with Crippen LogP contribution in [0.2, 0.25) is 0 Å². The zero-order valence-corrected chi connectivity index (χ0v) is 15.1. The summed E-state index contributed by atoms with van der Waals surface area (Å²) in [6.45, 7) is 4.15. The molecule has 0 aromatic heterocycles. The first-order valence-corrected chi connectivity index (χ1v) is 8.59. The lowest BCUT2D eigenvalue weighted by molar-refractivity contribution is -0.113. The first-order valence-electron chi connectivity index (χ1n) is 8.59.